The Balaban J connectivity index is 0.00000304. The SMILES string of the molecule is Cl.Cn1nccc1-c1ccc2c(=O)n(Cc3cc(F)cc(C(=O)NCC4CCNCC4)c3)ccc2c1. The van der Waals surface area contributed by atoms with Crippen LogP contribution in [0.25, 0.3) is 22.0 Å². The number of nitrogens with one attached hydrogen (secondary N) is 2. The second-order valence-electron chi connectivity index (χ2n) is 9.14. The minimum Gasteiger partial charge on any atom is -0.352 e. The van der Waals surface area contributed by atoms with Gasteiger partial charge in [0.15, 0.2) is 0 Å². The third-order valence-corrected chi connectivity index (χ3v) is 6.68. The van der Waals surface area contributed by atoms with E-state index in [0.29, 0.717) is 23.4 Å². The number of hydrogen-bond acceptors (Lipinski definition) is 4. The van der Waals surface area contributed by atoms with Crippen LogP contribution >= 0.6 is 12.4 Å². The van der Waals surface area contributed by atoms with Gasteiger partial charge in [0.1, 0.15) is 5.82 Å². The van der Waals surface area contributed by atoms with Gasteiger partial charge >= 0.3 is 0 Å². The molecule has 1 amide bonds. The maximum atomic E-state index is 14.4. The quantitative estimate of drug-likeness (QED) is 0.415. The molecule has 3 heterocycles. The van der Waals surface area contributed by atoms with Crippen molar-refractivity contribution in [2.24, 2.45) is 13.0 Å². The molecule has 0 bridgehead atoms. The van der Waals surface area contributed by atoms with Crippen molar-refractivity contribution in [2.75, 3.05) is 19.6 Å². The van der Waals surface area contributed by atoms with E-state index in [1.807, 2.05) is 37.4 Å². The Morgan fingerprint density at radius 2 is 1.94 bits per heavy atom. The van der Waals surface area contributed by atoms with Gasteiger partial charge in [0.2, 0.25) is 0 Å². The van der Waals surface area contributed by atoms with Crippen molar-refractivity contribution >= 4 is 29.1 Å². The summed E-state index contributed by atoms with van der Waals surface area (Å²) in [6, 6.07) is 13.7. The molecule has 7 nitrogen and oxygen atoms in total. The van der Waals surface area contributed by atoms with Gasteiger partial charge in [0.05, 0.1) is 12.2 Å². The summed E-state index contributed by atoms with van der Waals surface area (Å²) in [5, 5.41) is 11.8. The van der Waals surface area contributed by atoms with Crippen molar-refractivity contribution in [1.29, 1.82) is 0 Å². The van der Waals surface area contributed by atoms with Gasteiger partial charge in [-0.3, -0.25) is 14.3 Å². The van der Waals surface area contributed by atoms with E-state index in [1.165, 1.54) is 16.7 Å². The molecule has 0 spiro atoms. The summed E-state index contributed by atoms with van der Waals surface area (Å²) in [5.41, 5.74) is 2.59. The number of aromatic nitrogens is 3. The van der Waals surface area contributed by atoms with Crippen molar-refractivity contribution in [3.05, 3.63) is 88.2 Å². The van der Waals surface area contributed by atoms with Crippen LogP contribution in [-0.4, -0.2) is 39.9 Å². The average Bonchev–Trinajstić information content (AvgIpc) is 3.30. The van der Waals surface area contributed by atoms with Gasteiger partial charge in [-0.25, -0.2) is 4.39 Å². The first kappa shape index (κ1) is 25.6. The Bertz CT molecular complexity index is 1440. The number of benzene rings is 2. The molecule has 2 N–H and O–H groups in total. The number of nitrogens with zero attached hydrogens (tertiary/aromatic N) is 3. The van der Waals surface area contributed by atoms with Crippen LogP contribution in [0.5, 0.6) is 0 Å². The third kappa shape index (κ3) is 5.50. The summed E-state index contributed by atoms with van der Waals surface area (Å²) in [5.74, 6) is -0.357. The first-order valence-electron chi connectivity index (χ1n) is 11.9. The fourth-order valence-corrected chi connectivity index (χ4v) is 4.72. The van der Waals surface area contributed by atoms with E-state index in [1.54, 1.807) is 23.1 Å². The molecule has 2 aromatic carbocycles. The van der Waals surface area contributed by atoms with Gasteiger partial charge in [-0.15, -0.1) is 12.4 Å². The highest BCUT2D eigenvalue weighted by atomic mass is 35.5. The molecule has 0 saturated carbocycles. The van der Waals surface area contributed by atoms with Gasteiger partial charge in [-0.1, -0.05) is 6.07 Å². The highest BCUT2D eigenvalue weighted by molar-refractivity contribution is 5.94. The van der Waals surface area contributed by atoms with E-state index in [-0.39, 0.29) is 36.0 Å². The number of carbonyl (C=O) groups is 1. The van der Waals surface area contributed by atoms with E-state index < -0.39 is 5.82 Å². The molecule has 5 rings (SSSR count). The maximum Gasteiger partial charge on any atom is 0.258 e. The van der Waals surface area contributed by atoms with Crippen molar-refractivity contribution in [1.82, 2.24) is 25.0 Å². The zero-order chi connectivity index (χ0) is 24.4. The zero-order valence-electron chi connectivity index (χ0n) is 20.0. The molecule has 1 fully saturated rings. The average molecular weight is 510 g/mol. The highest BCUT2D eigenvalue weighted by Gasteiger charge is 2.16. The van der Waals surface area contributed by atoms with Crippen LogP contribution < -0.4 is 16.2 Å². The van der Waals surface area contributed by atoms with Crippen molar-refractivity contribution in [2.45, 2.75) is 19.4 Å². The summed E-state index contributed by atoms with van der Waals surface area (Å²) >= 11 is 0. The third-order valence-electron chi connectivity index (χ3n) is 6.68. The number of carbonyl (C=O) groups excluding carboxylic acids is 1. The lowest BCUT2D eigenvalue weighted by Crippen LogP contribution is -2.36. The van der Waals surface area contributed by atoms with Gasteiger partial charge in [-0.05, 0) is 85.3 Å². The van der Waals surface area contributed by atoms with Gasteiger partial charge in [0.25, 0.3) is 11.5 Å². The van der Waals surface area contributed by atoms with E-state index in [4.69, 9.17) is 0 Å². The normalized spacial score (nSPS) is 13.9. The summed E-state index contributed by atoms with van der Waals surface area (Å²) in [6.45, 7) is 2.66. The molecular formula is C27H29ClFN5O2. The number of pyridine rings is 1. The molecular weight excluding hydrogens is 481 g/mol. The number of hydrogen-bond donors (Lipinski definition) is 2. The van der Waals surface area contributed by atoms with Crippen molar-refractivity contribution in [3.8, 4) is 11.3 Å². The monoisotopic (exact) mass is 509 g/mol. The lowest BCUT2D eigenvalue weighted by atomic mass is 9.98. The molecule has 0 aliphatic carbocycles. The Morgan fingerprint density at radius 1 is 1.14 bits per heavy atom. The number of piperidine rings is 1. The first-order valence-corrected chi connectivity index (χ1v) is 11.9. The fraction of sp³-hybridized carbons (Fsp3) is 0.296. The lowest BCUT2D eigenvalue weighted by Gasteiger charge is -2.22. The Labute approximate surface area is 214 Å². The Morgan fingerprint density at radius 3 is 2.69 bits per heavy atom. The highest BCUT2D eigenvalue weighted by Crippen LogP contribution is 2.22. The standard InChI is InChI=1S/C27H28FN5O2.ClH/c1-32-25(6-10-31-32)21-2-3-24-20(14-21)7-11-33(27(24)35)17-19-12-22(15-23(28)13-19)26(34)30-16-18-4-8-29-9-5-18;/h2-3,6-7,10-15,18,29H,4-5,8-9,16-17H2,1H3,(H,30,34);1H. The molecule has 0 radical (unpaired) electrons. The van der Waals surface area contributed by atoms with Gasteiger partial charge in [0, 0.05) is 42.5 Å². The molecule has 0 unspecified atom stereocenters. The predicted octanol–water partition coefficient (Wildman–Crippen LogP) is 3.74. The largest absolute Gasteiger partial charge is 0.352 e. The van der Waals surface area contributed by atoms with Crippen LogP contribution in [-0.2, 0) is 13.6 Å². The van der Waals surface area contributed by atoms with Crippen molar-refractivity contribution < 1.29 is 9.18 Å². The number of aryl methyl sites for hydroxylation is 1. The molecule has 9 heteroatoms. The summed E-state index contributed by atoms with van der Waals surface area (Å²) in [6.07, 6.45) is 5.48. The number of fused-ring (bicyclic) bond motifs is 1. The lowest BCUT2D eigenvalue weighted by molar-refractivity contribution is 0.0943. The van der Waals surface area contributed by atoms with Gasteiger partial charge < -0.3 is 15.2 Å². The molecule has 1 aliphatic heterocycles. The molecule has 1 saturated heterocycles. The zero-order valence-corrected chi connectivity index (χ0v) is 20.9. The number of rotatable bonds is 6. The predicted molar refractivity (Wildman–Crippen MR) is 141 cm³/mol. The number of halogens is 2. The molecule has 4 aromatic rings. The van der Waals surface area contributed by atoms with Crippen LogP contribution in [0.3, 0.4) is 0 Å². The van der Waals surface area contributed by atoms with Crippen LogP contribution in [0.1, 0.15) is 28.8 Å². The molecule has 2 aromatic heterocycles. The van der Waals surface area contributed by atoms with E-state index in [9.17, 15) is 14.0 Å². The summed E-state index contributed by atoms with van der Waals surface area (Å²) < 4.78 is 17.7. The molecule has 1 aliphatic rings. The van der Waals surface area contributed by atoms with Crippen LogP contribution in [0.15, 0.2) is 65.7 Å². The smallest absolute Gasteiger partial charge is 0.258 e. The minimum absolute atomic E-state index is 0. The van der Waals surface area contributed by atoms with E-state index >= 15 is 0 Å². The van der Waals surface area contributed by atoms with Crippen LogP contribution in [0.4, 0.5) is 4.39 Å². The summed E-state index contributed by atoms with van der Waals surface area (Å²) in [7, 11) is 1.87. The van der Waals surface area contributed by atoms with Crippen LogP contribution in [0.2, 0.25) is 0 Å². The number of amides is 1. The first-order chi connectivity index (χ1) is 17.0. The van der Waals surface area contributed by atoms with Crippen molar-refractivity contribution in [3.63, 3.8) is 0 Å². The maximum absolute atomic E-state index is 14.4. The fourth-order valence-electron chi connectivity index (χ4n) is 4.72. The molecule has 0 atom stereocenters. The topological polar surface area (TPSA) is 81.0 Å². The van der Waals surface area contributed by atoms with Crippen LogP contribution in [0, 0.1) is 11.7 Å². The molecule has 36 heavy (non-hydrogen) atoms. The van der Waals surface area contributed by atoms with E-state index in [0.717, 1.165) is 42.6 Å². The molecule has 188 valence electrons. The second-order valence-corrected chi connectivity index (χ2v) is 9.14. The van der Waals surface area contributed by atoms with E-state index in [2.05, 4.69) is 15.7 Å². The Kier molecular flexibility index (Phi) is 7.86. The minimum atomic E-state index is -0.496. The Hall–Kier alpha value is -3.49. The van der Waals surface area contributed by atoms with Gasteiger partial charge in [-0.2, -0.15) is 5.10 Å². The second kappa shape index (κ2) is 11.1. The summed E-state index contributed by atoms with van der Waals surface area (Å²) in [4.78, 5) is 25.8.